The van der Waals surface area contributed by atoms with Gasteiger partial charge in [-0.05, 0) is 56.9 Å². The zero-order valence-corrected chi connectivity index (χ0v) is 18.1. The summed E-state index contributed by atoms with van der Waals surface area (Å²) in [6, 6.07) is 8.49. The maximum absolute atomic E-state index is 11.9. The van der Waals surface area contributed by atoms with E-state index in [1.165, 1.54) is 30.5 Å². The highest BCUT2D eigenvalue weighted by atomic mass is 35.5. The van der Waals surface area contributed by atoms with Crippen LogP contribution in [-0.2, 0) is 6.54 Å². The second-order valence-electron chi connectivity index (χ2n) is 8.05. The molecule has 0 amide bonds. The van der Waals surface area contributed by atoms with Crippen LogP contribution in [0.5, 0.6) is 0 Å². The van der Waals surface area contributed by atoms with Gasteiger partial charge in [-0.25, -0.2) is 8.78 Å². The number of aromatic amines is 1. The van der Waals surface area contributed by atoms with E-state index in [1.807, 2.05) is 18.2 Å². The lowest BCUT2D eigenvalue weighted by molar-refractivity contribution is -0.110. The molecule has 2 aliphatic rings. The predicted molar refractivity (Wildman–Crippen MR) is 120 cm³/mol. The molecule has 4 rings (SSSR count). The monoisotopic (exact) mass is 437 g/mol. The number of rotatable bonds is 6. The van der Waals surface area contributed by atoms with Crippen LogP contribution in [0.1, 0.15) is 18.5 Å². The maximum atomic E-state index is 11.9. The molecule has 0 radical (unpaired) electrons. The van der Waals surface area contributed by atoms with Gasteiger partial charge >= 0.3 is 0 Å². The first-order valence-corrected chi connectivity index (χ1v) is 10.5. The molecule has 1 atom stereocenters. The Balaban J connectivity index is 0.000000269. The fourth-order valence-electron chi connectivity index (χ4n) is 3.72. The summed E-state index contributed by atoms with van der Waals surface area (Å²) in [7, 11) is 2.17. The average molecular weight is 438 g/mol. The van der Waals surface area contributed by atoms with Crippen molar-refractivity contribution in [3.05, 3.63) is 60.2 Å². The molecule has 2 fully saturated rings. The fraction of sp³-hybridized carbons (Fsp3) is 0.455. The summed E-state index contributed by atoms with van der Waals surface area (Å²) < 4.78 is 23.8. The molecular formula is C22H30ClF2N5. The second kappa shape index (κ2) is 9.71. The number of halogens is 3. The van der Waals surface area contributed by atoms with Gasteiger partial charge in [-0.2, -0.15) is 0 Å². The number of alkyl halides is 2. The number of fused-ring (bicyclic) bond motifs is 1. The molecule has 0 bridgehead atoms. The molecule has 3 heterocycles. The topological polar surface area (TPSA) is 46.3 Å². The lowest BCUT2D eigenvalue weighted by Gasteiger charge is -2.37. The zero-order chi connectivity index (χ0) is 21.7. The summed E-state index contributed by atoms with van der Waals surface area (Å²) in [6.07, 6.45) is 3.87. The third-order valence-electron chi connectivity index (χ3n) is 5.26. The molecule has 5 nitrogen and oxygen atoms in total. The number of piperidine rings is 1. The Kier molecular flexibility index (Phi) is 7.26. The Morgan fingerprint density at radius 3 is 2.77 bits per heavy atom. The highest BCUT2D eigenvalue weighted by Crippen LogP contribution is 2.26. The molecule has 2 aliphatic heterocycles. The van der Waals surface area contributed by atoms with E-state index < -0.39 is 5.92 Å². The third kappa shape index (κ3) is 6.37. The SMILES string of the molecule is C=C(NCc1cc2cc(Cl)ccc2[nH]1)NC1CCCN(C)C1.C=CN1CC(F)(F)C1. The third-order valence-corrected chi connectivity index (χ3v) is 5.50. The number of hydrogen-bond donors (Lipinski definition) is 3. The first-order chi connectivity index (χ1) is 14.2. The minimum atomic E-state index is -2.45. The standard InChI is InChI=1S/C17H23ClN4.C5H7F2N/c1-12(20-15-4-3-7-22(2)11-15)19-10-16-9-13-8-14(18)5-6-17(13)21-16;1-2-8-3-5(6,7)4-8/h5-6,8-9,15,19-21H,1,3-4,7,10-11H2,2H3;2H,1,3-4H2. The molecule has 3 N–H and O–H groups in total. The van der Waals surface area contributed by atoms with Crippen molar-refractivity contribution >= 4 is 22.5 Å². The van der Waals surface area contributed by atoms with E-state index in [2.05, 4.69) is 46.8 Å². The van der Waals surface area contributed by atoms with Gasteiger partial charge in [-0.15, -0.1) is 0 Å². The molecule has 0 aliphatic carbocycles. The molecule has 164 valence electrons. The summed E-state index contributed by atoms with van der Waals surface area (Å²) in [4.78, 5) is 7.22. The molecule has 2 saturated heterocycles. The molecule has 30 heavy (non-hydrogen) atoms. The van der Waals surface area contributed by atoms with Gasteiger partial charge in [-0.3, -0.25) is 0 Å². The minimum Gasteiger partial charge on any atom is -0.368 e. The first kappa shape index (κ1) is 22.4. The van der Waals surface area contributed by atoms with Gasteiger partial charge < -0.3 is 25.4 Å². The van der Waals surface area contributed by atoms with Crippen molar-refractivity contribution in [1.29, 1.82) is 0 Å². The Bertz CT molecular complexity index is 874. The summed E-state index contributed by atoms with van der Waals surface area (Å²) in [5.74, 6) is -1.56. The predicted octanol–water partition coefficient (Wildman–Crippen LogP) is 4.15. The number of aromatic nitrogens is 1. The average Bonchev–Trinajstić information content (AvgIpc) is 3.07. The lowest BCUT2D eigenvalue weighted by Crippen LogP contribution is -2.53. The number of benzene rings is 1. The number of nitrogens with zero attached hydrogens (tertiary/aromatic N) is 2. The van der Waals surface area contributed by atoms with Gasteiger partial charge in [0.15, 0.2) is 0 Å². The largest absolute Gasteiger partial charge is 0.368 e. The van der Waals surface area contributed by atoms with E-state index in [9.17, 15) is 8.78 Å². The lowest BCUT2D eigenvalue weighted by atomic mass is 10.1. The summed E-state index contributed by atoms with van der Waals surface area (Å²) in [5, 5.41) is 8.73. The fourth-order valence-corrected chi connectivity index (χ4v) is 3.90. The van der Waals surface area contributed by atoms with Crippen LogP contribution in [0.15, 0.2) is 49.4 Å². The molecule has 1 unspecified atom stereocenters. The van der Waals surface area contributed by atoms with Crippen molar-refractivity contribution in [1.82, 2.24) is 25.4 Å². The van der Waals surface area contributed by atoms with Crippen molar-refractivity contribution in [3.63, 3.8) is 0 Å². The second-order valence-corrected chi connectivity index (χ2v) is 8.48. The maximum Gasteiger partial charge on any atom is 0.282 e. The van der Waals surface area contributed by atoms with Gasteiger partial charge in [0.1, 0.15) is 0 Å². The summed E-state index contributed by atoms with van der Waals surface area (Å²) in [6.45, 7) is 10.1. The summed E-state index contributed by atoms with van der Waals surface area (Å²) in [5.41, 5.74) is 2.23. The number of H-pyrrole nitrogens is 1. The van der Waals surface area contributed by atoms with E-state index >= 15 is 0 Å². The van der Waals surface area contributed by atoms with E-state index in [0.717, 1.165) is 40.5 Å². The molecule has 0 saturated carbocycles. The van der Waals surface area contributed by atoms with Gasteiger partial charge in [0.25, 0.3) is 5.92 Å². The molecular weight excluding hydrogens is 408 g/mol. The van der Waals surface area contributed by atoms with Gasteiger partial charge in [0.05, 0.1) is 25.5 Å². The van der Waals surface area contributed by atoms with Crippen LogP contribution in [0.3, 0.4) is 0 Å². The first-order valence-electron chi connectivity index (χ1n) is 10.1. The zero-order valence-electron chi connectivity index (χ0n) is 17.4. The van der Waals surface area contributed by atoms with Crippen molar-refractivity contribution in [2.45, 2.75) is 31.4 Å². The number of nitrogens with one attached hydrogen (secondary N) is 3. The molecule has 1 aromatic carbocycles. The van der Waals surface area contributed by atoms with Crippen molar-refractivity contribution in [2.75, 3.05) is 33.2 Å². The number of likely N-dealkylation sites (tertiary alicyclic amines) is 2. The van der Waals surface area contributed by atoms with Crippen LogP contribution in [0.4, 0.5) is 8.78 Å². The highest BCUT2D eigenvalue weighted by molar-refractivity contribution is 6.31. The van der Waals surface area contributed by atoms with Crippen LogP contribution in [0.25, 0.3) is 10.9 Å². The van der Waals surface area contributed by atoms with E-state index in [0.29, 0.717) is 6.04 Å². The van der Waals surface area contributed by atoms with Crippen LogP contribution in [-0.4, -0.2) is 60.0 Å². The van der Waals surface area contributed by atoms with Crippen LogP contribution >= 0.6 is 11.6 Å². The van der Waals surface area contributed by atoms with E-state index in [1.54, 1.807) is 0 Å². The van der Waals surface area contributed by atoms with Crippen molar-refractivity contribution in [3.8, 4) is 0 Å². The van der Waals surface area contributed by atoms with Crippen LogP contribution in [0.2, 0.25) is 5.02 Å². The molecule has 8 heteroatoms. The Morgan fingerprint density at radius 2 is 2.13 bits per heavy atom. The Morgan fingerprint density at radius 1 is 1.37 bits per heavy atom. The van der Waals surface area contributed by atoms with Crippen molar-refractivity contribution in [2.24, 2.45) is 0 Å². The van der Waals surface area contributed by atoms with Crippen LogP contribution in [0, 0.1) is 0 Å². The van der Waals surface area contributed by atoms with Gasteiger partial charge in [-0.1, -0.05) is 24.8 Å². The van der Waals surface area contributed by atoms with Gasteiger partial charge in [0.2, 0.25) is 0 Å². The molecule has 0 spiro atoms. The number of likely N-dealkylation sites (N-methyl/N-ethyl adjacent to an activating group) is 1. The number of hydrogen-bond acceptors (Lipinski definition) is 4. The highest BCUT2D eigenvalue weighted by Gasteiger charge is 2.41. The smallest absolute Gasteiger partial charge is 0.282 e. The quantitative estimate of drug-likeness (QED) is 0.635. The van der Waals surface area contributed by atoms with Gasteiger partial charge in [0, 0.05) is 34.2 Å². The summed E-state index contributed by atoms with van der Waals surface area (Å²) >= 11 is 6.02. The Labute approximate surface area is 181 Å². The van der Waals surface area contributed by atoms with Crippen molar-refractivity contribution < 1.29 is 8.78 Å². The normalized spacial score (nSPS) is 20.7. The molecule has 2 aromatic rings. The van der Waals surface area contributed by atoms with Crippen LogP contribution < -0.4 is 10.6 Å². The van der Waals surface area contributed by atoms with E-state index in [4.69, 9.17) is 11.6 Å². The Hall–Kier alpha value is -2.25. The minimum absolute atomic E-state index is 0.156. The molecule has 1 aromatic heterocycles. The van der Waals surface area contributed by atoms with E-state index in [-0.39, 0.29) is 13.1 Å².